The molecule has 0 bridgehead atoms. The maximum absolute atomic E-state index is 5.88. The number of morpholine rings is 1. The first-order valence-corrected chi connectivity index (χ1v) is 9.32. The maximum atomic E-state index is 5.88. The molecule has 0 spiro atoms. The lowest BCUT2D eigenvalue weighted by atomic mass is 10.3. The molecule has 6 nitrogen and oxygen atoms in total. The Morgan fingerprint density at radius 1 is 1.22 bits per heavy atom. The first-order chi connectivity index (χ1) is 11.4. The second kappa shape index (κ2) is 11.6. The number of rotatable bonds is 9. The predicted molar refractivity (Wildman–Crippen MR) is 94.1 cm³/mol. The minimum absolute atomic E-state index is 0.513. The second-order valence-electron chi connectivity index (χ2n) is 6.27. The summed E-state index contributed by atoms with van der Waals surface area (Å²) in [5.41, 5.74) is 0. The Balaban J connectivity index is 1.55. The molecule has 1 saturated heterocycles. The summed E-state index contributed by atoms with van der Waals surface area (Å²) in [6.07, 6.45) is 6.67. The molecule has 0 aromatic rings. The molecule has 0 atom stereocenters. The van der Waals surface area contributed by atoms with E-state index in [0.717, 1.165) is 71.5 Å². The summed E-state index contributed by atoms with van der Waals surface area (Å²) in [6, 6.07) is 0. The number of aliphatic imine (C=N–C) groups is 1. The van der Waals surface area contributed by atoms with Gasteiger partial charge in [0.25, 0.3) is 0 Å². The van der Waals surface area contributed by atoms with E-state index in [0.29, 0.717) is 6.10 Å². The van der Waals surface area contributed by atoms with Crippen LogP contribution in [0, 0.1) is 0 Å². The number of nitrogens with zero attached hydrogens (tertiary/aromatic N) is 2. The average Bonchev–Trinajstić information content (AvgIpc) is 3.09. The van der Waals surface area contributed by atoms with Crippen molar-refractivity contribution < 1.29 is 9.47 Å². The molecule has 134 valence electrons. The van der Waals surface area contributed by atoms with Gasteiger partial charge in [0.15, 0.2) is 5.96 Å². The Kier molecular flexibility index (Phi) is 9.36. The zero-order valence-electron chi connectivity index (χ0n) is 14.7. The Bertz CT molecular complexity index is 327. The molecule has 1 saturated carbocycles. The number of guanidine groups is 1. The lowest BCUT2D eigenvalue weighted by Crippen LogP contribution is -2.44. The van der Waals surface area contributed by atoms with E-state index in [-0.39, 0.29) is 0 Å². The zero-order valence-corrected chi connectivity index (χ0v) is 14.7. The summed E-state index contributed by atoms with van der Waals surface area (Å²) in [5, 5.41) is 6.72. The molecular weight excluding hydrogens is 292 g/mol. The molecule has 0 unspecified atom stereocenters. The summed E-state index contributed by atoms with van der Waals surface area (Å²) >= 11 is 0. The van der Waals surface area contributed by atoms with Crippen LogP contribution in [0.15, 0.2) is 4.99 Å². The van der Waals surface area contributed by atoms with Gasteiger partial charge in [-0.15, -0.1) is 0 Å². The SMILES string of the molecule is CCNC(=NCCCOC1CCCC1)NCCN1CCOCC1. The summed E-state index contributed by atoms with van der Waals surface area (Å²) in [6.45, 7) is 10.4. The van der Waals surface area contributed by atoms with Crippen LogP contribution in [-0.2, 0) is 9.47 Å². The van der Waals surface area contributed by atoms with Crippen molar-refractivity contribution in [1.29, 1.82) is 0 Å². The van der Waals surface area contributed by atoms with Crippen LogP contribution < -0.4 is 10.6 Å². The summed E-state index contributed by atoms with van der Waals surface area (Å²) in [7, 11) is 0. The van der Waals surface area contributed by atoms with Gasteiger partial charge in [-0.3, -0.25) is 9.89 Å². The van der Waals surface area contributed by atoms with Gasteiger partial charge in [-0.05, 0) is 26.2 Å². The molecule has 2 N–H and O–H groups in total. The molecular formula is C17H34N4O2. The largest absolute Gasteiger partial charge is 0.379 e. The lowest BCUT2D eigenvalue weighted by Gasteiger charge is -2.26. The standard InChI is InChI=1S/C17H34N4O2/c1-2-18-17(20-9-10-21-11-14-22-15-12-21)19-8-5-13-23-16-6-3-4-7-16/h16H,2-15H2,1H3,(H2,18,19,20). The average molecular weight is 326 g/mol. The maximum Gasteiger partial charge on any atom is 0.191 e. The van der Waals surface area contributed by atoms with E-state index >= 15 is 0 Å². The molecule has 2 aliphatic rings. The van der Waals surface area contributed by atoms with Crippen molar-refractivity contribution in [3.63, 3.8) is 0 Å². The van der Waals surface area contributed by atoms with E-state index in [4.69, 9.17) is 9.47 Å². The van der Waals surface area contributed by atoms with Crippen molar-refractivity contribution in [3.05, 3.63) is 0 Å². The van der Waals surface area contributed by atoms with Gasteiger partial charge in [-0.2, -0.15) is 0 Å². The third kappa shape index (κ3) is 7.99. The Hall–Kier alpha value is -0.850. The van der Waals surface area contributed by atoms with E-state index in [2.05, 4.69) is 27.4 Å². The number of hydrogen-bond acceptors (Lipinski definition) is 4. The molecule has 0 amide bonds. The first-order valence-electron chi connectivity index (χ1n) is 9.32. The normalized spacial score (nSPS) is 20.8. The molecule has 23 heavy (non-hydrogen) atoms. The molecule has 2 fully saturated rings. The topological polar surface area (TPSA) is 58.1 Å². The molecule has 6 heteroatoms. The first kappa shape index (κ1) is 18.5. The smallest absolute Gasteiger partial charge is 0.191 e. The monoisotopic (exact) mass is 326 g/mol. The van der Waals surface area contributed by atoms with Gasteiger partial charge in [0.05, 0.1) is 19.3 Å². The van der Waals surface area contributed by atoms with Crippen LogP contribution >= 0.6 is 0 Å². The van der Waals surface area contributed by atoms with Crippen molar-refractivity contribution in [2.24, 2.45) is 4.99 Å². The van der Waals surface area contributed by atoms with E-state index in [1.165, 1.54) is 25.7 Å². The van der Waals surface area contributed by atoms with Crippen LogP contribution in [0.5, 0.6) is 0 Å². The highest BCUT2D eigenvalue weighted by Gasteiger charge is 2.14. The van der Waals surface area contributed by atoms with Crippen LogP contribution in [0.2, 0.25) is 0 Å². The highest BCUT2D eigenvalue weighted by Crippen LogP contribution is 2.20. The van der Waals surface area contributed by atoms with E-state index in [9.17, 15) is 0 Å². The molecule has 1 aliphatic heterocycles. The fraction of sp³-hybridized carbons (Fsp3) is 0.941. The molecule has 1 heterocycles. The van der Waals surface area contributed by atoms with Crippen LogP contribution in [0.25, 0.3) is 0 Å². The third-order valence-electron chi connectivity index (χ3n) is 4.40. The van der Waals surface area contributed by atoms with Crippen LogP contribution in [0.3, 0.4) is 0 Å². The van der Waals surface area contributed by atoms with Crippen molar-refractivity contribution in [2.45, 2.75) is 45.1 Å². The van der Waals surface area contributed by atoms with Crippen LogP contribution in [0.1, 0.15) is 39.0 Å². The van der Waals surface area contributed by atoms with E-state index in [1.54, 1.807) is 0 Å². The highest BCUT2D eigenvalue weighted by atomic mass is 16.5. The fourth-order valence-electron chi connectivity index (χ4n) is 3.06. The van der Waals surface area contributed by atoms with Gasteiger partial charge < -0.3 is 20.1 Å². The van der Waals surface area contributed by atoms with Gasteiger partial charge in [0.2, 0.25) is 0 Å². The van der Waals surface area contributed by atoms with Gasteiger partial charge in [-0.1, -0.05) is 12.8 Å². The summed E-state index contributed by atoms with van der Waals surface area (Å²) < 4.78 is 11.2. The van der Waals surface area contributed by atoms with Gasteiger partial charge in [0.1, 0.15) is 0 Å². The second-order valence-corrected chi connectivity index (χ2v) is 6.27. The summed E-state index contributed by atoms with van der Waals surface area (Å²) in [5.74, 6) is 0.918. The van der Waals surface area contributed by atoms with Gasteiger partial charge in [0, 0.05) is 45.9 Å². The van der Waals surface area contributed by atoms with Gasteiger partial charge in [-0.25, -0.2) is 0 Å². The summed E-state index contributed by atoms with van der Waals surface area (Å²) in [4.78, 5) is 7.06. The van der Waals surface area contributed by atoms with E-state index in [1.807, 2.05) is 0 Å². The number of hydrogen-bond donors (Lipinski definition) is 2. The van der Waals surface area contributed by atoms with Crippen molar-refractivity contribution in [3.8, 4) is 0 Å². The Morgan fingerprint density at radius 2 is 2.00 bits per heavy atom. The molecule has 1 aliphatic carbocycles. The van der Waals surface area contributed by atoms with E-state index < -0.39 is 0 Å². The molecule has 0 aromatic carbocycles. The van der Waals surface area contributed by atoms with Crippen LogP contribution in [0.4, 0.5) is 0 Å². The molecule has 0 radical (unpaired) electrons. The highest BCUT2D eigenvalue weighted by molar-refractivity contribution is 5.79. The molecule has 2 rings (SSSR count). The lowest BCUT2D eigenvalue weighted by molar-refractivity contribution is 0.0389. The minimum Gasteiger partial charge on any atom is -0.379 e. The third-order valence-corrected chi connectivity index (χ3v) is 4.40. The number of nitrogens with one attached hydrogen (secondary N) is 2. The van der Waals surface area contributed by atoms with Gasteiger partial charge >= 0.3 is 0 Å². The quantitative estimate of drug-likeness (QED) is 0.379. The molecule has 0 aromatic heterocycles. The number of ether oxygens (including phenoxy) is 2. The fourth-order valence-corrected chi connectivity index (χ4v) is 3.06. The zero-order chi connectivity index (χ0) is 16.2. The van der Waals surface area contributed by atoms with Crippen molar-refractivity contribution in [2.75, 3.05) is 59.1 Å². The predicted octanol–water partition coefficient (Wildman–Crippen LogP) is 1.22. The Labute approximate surface area is 141 Å². The van der Waals surface area contributed by atoms with Crippen molar-refractivity contribution >= 4 is 5.96 Å². The Morgan fingerprint density at radius 3 is 2.74 bits per heavy atom. The van der Waals surface area contributed by atoms with Crippen molar-refractivity contribution in [1.82, 2.24) is 15.5 Å². The van der Waals surface area contributed by atoms with Crippen LogP contribution in [-0.4, -0.2) is 76.1 Å². The minimum atomic E-state index is 0.513.